The molecule has 1 N–H and O–H groups in total. The Bertz CT molecular complexity index is 237. The third kappa shape index (κ3) is 1.64. The number of halogens is 2. The largest absolute Gasteiger partial charge is 0.506 e. The number of hydrogen-bond donors (Lipinski definition) is 1. The molecule has 0 bridgehead atoms. The fourth-order valence-electron chi connectivity index (χ4n) is 0.641. The second kappa shape index (κ2) is 3.26. The van der Waals surface area contributed by atoms with Gasteiger partial charge >= 0.3 is 0 Å². The van der Waals surface area contributed by atoms with Crippen LogP contribution in [0.5, 0.6) is 5.75 Å². The van der Waals surface area contributed by atoms with Crippen LogP contribution >= 0.6 is 27.5 Å². The van der Waals surface area contributed by atoms with E-state index >= 15 is 0 Å². The van der Waals surface area contributed by atoms with Crippen molar-refractivity contribution >= 4 is 27.5 Å². The van der Waals surface area contributed by atoms with Crippen molar-refractivity contribution in [1.29, 1.82) is 0 Å². The predicted molar refractivity (Wildman–Crippen MR) is 45.7 cm³/mol. The fourth-order valence-corrected chi connectivity index (χ4v) is 1.11. The van der Waals surface area contributed by atoms with Crippen molar-refractivity contribution in [2.75, 3.05) is 0 Å². The van der Waals surface area contributed by atoms with Gasteiger partial charge in [-0.25, -0.2) is 0 Å². The average molecular weight is 221 g/mol. The smallest absolute Gasteiger partial charge is 0.134 e. The van der Waals surface area contributed by atoms with Crippen molar-refractivity contribution in [3.05, 3.63) is 28.8 Å². The van der Waals surface area contributed by atoms with Crippen LogP contribution < -0.4 is 0 Å². The molecule has 0 amide bonds. The Morgan fingerprint density at radius 3 is 2.70 bits per heavy atom. The summed E-state index contributed by atoms with van der Waals surface area (Å²) >= 11 is 8.83. The maximum Gasteiger partial charge on any atom is 0.134 e. The van der Waals surface area contributed by atoms with Crippen LogP contribution in [-0.2, 0) is 5.33 Å². The zero-order valence-electron chi connectivity index (χ0n) is 5.14. The summed E-state index contributed by atoms with van der Waals surface area (Å²) in [6.45, 7) is 0. The summed E-state index contributed by atoms with van der Waals surface area (Å²) in [5, 5.41) is 10.2. The number of aromatic hydroxyl groups is 1. The first-order chi connectivity index (χ1) is 4.74. The van der Waals surface area contributed by atoms with Crippen molar-refractivity contribution < 1.29 is 5.11 Å². The Balaban J connectivity index is 3.04. The SMILES string of the molecule is Oc1cc(CBr)ccc1Cl. The molecule has 0 saturated heterocycles. The minimum atomic E-state index is 0.138. The second-order valence-electron chi connectivity index (χ2n) is 1.92. The summed E-state index contributed by atoms with van der Waals surface area (Å²) in [6.07, 6.45) is 0. The van der Waals surface area contributed by atoms with E-state index < -0.39 is 0 Å². The highest BCUT2D eigenvalue weighted by molar-refractivity contribution is 9.08. The highest BCUT2D eigenvalue weighted by Crippen LogP contribution is 2.24. The summed E-state index contributed by atoms with van der Waals surface area (Å²) < 4.78 is 0. The molecule has 0 aliphatic heterocycles. The van der Waals surface area contributed by atoms with Gasteiger partial charge in [-0.05, 0) is 17.7 Å². The molecule has 3 heteroatoms. The van der Waals surface area contributed by atoms with Crippen LogP contribution in [0.25, 0.3) is 0 Å². The Labute approximate surface area is 72.8 Å². The molecule has 10 heavy (non-hydrogen) atoms. The molecular weight excluding hydrogens is 215 g/mol. The fraction of sp³-hybridized carbons (Fsp3) is 0.143. The van der Waals surface area contributed by atoms with E-state index in [0.29, 0.717) is 5.02 Å². The van der Waals surface area contributed by atoms with Gasteiger partial charge in [0.05, 0.1) is 5.02 Å². The molecular formula is C7H6BrClO. The highest BCUT2D eigenvalue weighted by atomic mass is 79.9. The maximum atomic E-state index is 9.08. The van der Waals surface area contributed by atoms with Gasteiger partial charge in [-0.1, -0.05) is 33.6 Å². The van der Waals surface area contributed by atoms with Crippen LogP contribution in [0, 0.1) is 0 Å². The number of phenolic OH excluding ortho intramolecular Hbond substituents is 1. The molecule has 0 aliphatic rings. The lowest BCUT2D eigenvalue weighted by Crippen LogP contribution is -1.75. The van der Waals surface area contributed by atoms with E-state index in [4.69, 9.17) is 16.7 Å². The Morgan fingerprint density at radius 2 is 2.20 bits per heavy atom. The lowest BCUT2D eigenvalue weighted by atomic mass is 10.2. The highest BCUT2D eigenvalue weighted by Gasteiger charge is 1.97. The molecule has 0 aliphatic carbocycles. The van der Waals surface area contributed by atoms with E-state index in [-0.39, 0.29) is 5.75 Å². The maximum absolute atomic E-state index is 9.08. The average Bonchev–Trinajstić information content (AvgIpc) is 1.95. The molecule has 1 rings (SSSR count). The van der Waals surface area contributed by atoms with Crippen LogP contribution in [-0.4, -0.2) is 5.11 Å². The van der Waals surface area contributed by atoms with Crippen LogP contribution in [0.1, 0.15) is 5.56 Å². The van der Waals surface area contributed by atoms with Gasteiger partial charge in [-0.3, -0.25) is 0 Å². The molecule has 0 saturated carbocycles. The van der Waals surface area contributed by atoms with E-state index in [1.54, 1.807) is 12.1 Å². The topological polar surface area (TPSA) is 20.2 Å². The lowest BCUT2D eigenvalue weighted by molar-refractivity contribution is 0.475. The van der Waals surface area contributed by atoms with Crippen LogP contribution in [0.4, 0.5) is 0 Å². The summed E-state index contributed by atoms with van der Waals surface area (Å²) in [6, 6.07) is 5.17. The summed E-state index contributed by atoms with van der Waals surface area (Å²) in [4.78, 5) is 0. The molecule has 0 radical (unpaired) electrons. The normalized spacial score (nSPS) is 9.80. The van der Waals surface area contributed by atoms with Crippen LogP contribution in [0.15, 0.2) is 18.2 Å². The standard InChI is InChI=1S/C7H6BrClO/c8-4-5-1-2-6(9)7(10)3-5/h1-3,10H,4H2. The van der Waals surface area contributed by atoms with Gasteiger partial charge in [0, 0.05) is 5.33 Å². The van der Waals surface area contributed by atoms with E-state index in [2.05, 4.69) is 15.9 Å². The molecule has 1 aromatic carbocycles. The molecule has 0 fully saturated rings. The molecule has 1 aromatic rings. The van der Waals surface area contributed by atoms with E-state index in [0.717, 1.165) is 10.9 Å². The Kier molecular flexibility index (Phi) is 2.57. The third-order valence-corrected chi connectivity index (χ3v) is 2.13. The summed E-state index contributed by atoms with van der Waals surface area (Å²) in [7, 11) is 0. The van der Waals surface area contributed by atoms with Gasteiger partial charge < -0.3 is 5.11 Å². The molecule has 54 valence electrons. The minimum absolute atomic E-state index is 0.138. The van der Waals surface area contributed by atoms with E-state index in [1.807, 2.05) is 6.07 Å². The van der Waals surface area contributed by atoms with Gasteiger partial charge in [0.1, 0.15) is 5.75 Å². The van der Waals surface area contributed by atoms with Gasteiger partial charge in [-0.15, -0.1) is 0 Å². The van der Waals surface area contributed by atoms with Crippen molar-refractivity contribution in [2.45, 2.75) is 5.33 Å². The molecule has 0 aromatic heterocycles. The van der Waals surface area contributed by atoms with Crippen molar-refractivity contribution in [3.63, 3.8) is 0 Å². The zero-order valence-corrected chi connectivity index (χ0v) is 7.48. The van der Waals surface area contributed by atoms with Gasteiger partial charge in [-0.2, -0.15) is 0 Å². The molecule has 0 spiro atoms. The van der Waals surface area contributed by atoms with Crippen LogP contribution in [0.2, 0.25) is 5.02 Å². The van der Waals surface area contributed by atoms with E-state index in [1.165, 1.54) is 0 Å². The number of hydrogen-bond acceptors (Lipinski definition) is 1. The van der Waals surface area contributed by atoms with Crippen LogP contribution in [0.3, 0.4) is 0 Å². The van der Waals surface area contributed by atoms with Gasteiger partial charge in [0.15, 0.2) is 0 Å². The summed E-state index contributed by atoms with van der Waals surface area (Å²) in [5.74, 6) is 0.138. The number of alkyl halides is 1. The Morgan fingerprint density at radius 1 is 1.50 bits per heavy atom. The Hall–Kier alpha value is -0.210. The minimum Gasteiger partial charge on any atom is -0.506 e. The molecule has 0 atom stereocenters. The summed E-state index contributed by atoms with van der Waals surface area (Å²) in [5.41, 5.74) is 1.02. The van der Waals surface area contributed by atoms with Gasteiger partial charge in [0.2, 0.25) is 0 Å². The van der Waals surface area contributed by atoms with E-state index in [9.17, 15) is 0 Å². The monoisotopic (exact) mass is 220 g/mol. The van der Waals surface area contributed by atoms with Crippen molar-refractivity contribution in [1.82, 2.24) is 0 Å². The second-order valence-corrected chi connectivity index (χ2v) is 2.89. The predicted octanol–water partition coefficient (Wildman–Crippen LogP) is 2.94. The van der Waals surface area contributed by atoms with Crippen molar-refractivity contribution in [3.8, 4) is 5.75 Å². The first kappa shape index (κ1) is 7.89. The van der Waals surface area contributed by atoms with Gasteiger partial charge in [0.25, 0.3) is 0 Å². The number of phenols is 1. The molecule has 0 unspecified atom stereocenters. The first-order valence-electron chi connectivity index (χ1n) is 2.77. The number of benzene rings is 1. The lowest BCUT2D eigenvalue weighted by Gasteiger charge is -1.97. The molecule has 0 heterocycles. The zero-order chi connectivity index (χ0) is 7.56. The molecule has 1 nitrogen and oxygen atoms in total. The third-order valence-electron chi connectivity index (χ3n) is 1.16. The number of rotatable bonds is 1. The quantitative estimate of drug-likeness (QED) is 0.723. The first-order valence-corrected chi connectivity index (χ1v) is 4.27. The van der Waals surface area contributed by atoms with Crippen molar-refractivity contribution in [2.24, 2.45) is 0 Å².